The molecule has 11 heteroatoms. The van der Waals surface area contributed by atoms with E-state index >= 15 is 0 Å². The second kappa shape index (κ2) is 8.44. The SMILES string of the molecule is CC1(NS(=O)(=O)c2ccc3c(c2)c(=O)n([C@@H]2CCN(C(=O)OC(C)(C)C)C2)c(=O)n3CC2CC2)CC1. The second-order valence-corrected chi connectivity index (χ2v) is 13.4. The van der Waals surface area contributed by atoms with E-state index in [9.17, 15) is 22.8 Å². The number of amides is 1. The molecule has 2 heterocycles. The standard InChI is InChI=1S/C25H34N4O6S/c1-24(2,3)35-23(32)27-12-9-17(15-27)29-21(30)19-13-18(36(33,34)26-25(4)10-11-25)7-8-20(19)28(22(29)31)14-16-5-6-16/h7-8,13,16-17,26H,5-6,9-12,14-15H2,1-4H3/t17-/m1/s1. The summed E-state index contributed by atoms with van der Waals surface area (Å²) in [5, 5.41) is 0.190. The lowest BCUT2D eigenvalue weighted by molar-refractivity contribution is 0.0288. The average molecular weight is 519 g/mol. The first-order valence-corrected chi connectivity index (χ1v) is 14.1. The van der Waals surface area contributed by atoms with Gasteiger partial charge in [0.1, 0.15) is 5.60 Å². The van der Waals surface area contributed by atoms with Crippen molar-refractivity contribution in [1.29, 1.82) is 0 Å². The molecule has 1 aliphatic heterocycles. The summed E-state index contributed by atoms with van der Waals surface area (Å²) >= 11 is 0. The fraction of sp³-hybridized carbons (Fsp3) is 0.640. The van der Waals surface area contributed by atoms with Gasteiger partial charge in [-0.25, -0.2) is 22.7 Å². The van der Waals surface area contributed by atoms with Gasteiger partial charge in [0, 0.05) is 25.2 Å². The van der Waals surface area contributed by atoms with E-state index < -0.39 is 44.5 Å². The molecular weight excluding hydrogens is 484 g/mol. The van der Waals surface area contributed by atoms with E-state index in [0.29, 0.717) is 30.9 Å². The number of likely N-dealkylation sites (tertiary alicyclic amines) is 1. The van der Waals surface area contributed by atoms with Gasteiger partial charge in [0.25, 0.3) is 5.56 Å². The van der Waals surface area contributed by atoms with Crippen LogP contribution in [0.5, 0.6) is 0 Å². The minimum absolute atomic E-state index is 0.00481. The van der Waals surface area contributed by atoms with Gasteiger partial charge in [-0.05, 0) is 83.9 Å². The van der Waals surface area contributed by atoms with Crippen LogP contribution in [-0.4, -0.2) is 52.8 Å². The number of rotatable bonds is 6. The zero-order chi connectivity index (χ0) is 26.0. The Kier molecular flexibility index (Phi) is 5.86. The predicted octanol–water partition coefficient (Wildman–Crippen LogP) is 2.59. The van der Waals surface area contributed by atoms with Crippen LogP contribution >= 0.6 is 0 Å². The number of carbonyl (C=O) groups excluding carboxylic acids is 1. The van der Waals surface area contributed by atoms with E-state index in [4.69, 9.17) is 4.74 Å². The highest BCUT2D eigenvalue weighted by Gasteiger charge is 2.41. The number of fused-ring (bicyclic) bond motifs is 1. The van der Waals surface area contributed by atoms with Crippen LogP contribution in [0.15, 0.2) is 32.7 Å². The van der Waals surface area contributed by atoms with Crippen molar-refractivity contribution in [2.75, 3.05) is 13.1 Å². The maximum Gasteiger partial charge on any atom is 0.410 e. The minimum atomic E-state index is -3.82. The van der Waals surface area contributed by atoms with Crippen LogP contribution in [-0.2, 0) is 21.3 Å². The van der Waals surface area contributed by atoms with Gasteiger partial charge in [-0.2, -0.15) is 0 Å². The molecule has 10 nitrogen and oxygen atoms in total. The monoisotopic (exact) mass is 518 g/mol. The fourth-order valence-corrected chi connectivity index (χ4v) is 6.20. The molecule has 2 aliphatic carbocycles. The van der Waals surface area contributed by atoms with Crippen LogP contribution in [0.3, 0.4) is 0 Å². The van der Waals surface area contributed by atoms with Crippen molar-refractivity contribution in [3.8, 4) is 0 Å². The van der Waals surface area contributed by atoms with Gasteiger partial charge in [0.05, 0.1) is 21.8 Å². The van der Waals surface area contributed by atoms with Crippen LogP contribution in [0.2, 0.25) is 0 Å². The van der Waals surface area contributed by atoms with E-state index in [0.717, 1.165) is 25.7 Å². The van der Waals surface area contributed by atoms with E-state index in [2.05, 4.69) is 4.72 Å². The first-order chi connectivity index (χ1) is 16.8. The highest BCUT2D eigenvalue weighted by atomic mass is 32.2. The first kappa shape index (κ1) is 25.0. The summed E-state index contributed by atoms with van der Waals surface area (Å²) in [5.74, 6) is 0.360. The fourth-order valence-electron chi connectivity index (χ4n) is 4.71. The molecule has 196 valence electrons. The molecule has 1 N–H and O–H groups in total. The molecule has 1 amide bonds. The summed E-state index contributed by atoms with van der Waals surface area (Å²) in [5.41, 5.74) is -1.62. The van der Waals surface area contributed by atoms with Crippen molar-refractivity contribution >= 4 is 27.0 Å². The maximum absolute atomic E-state index is 13.7. The Morgan fingerprint density at radius 2 is 1.86 bits per heavy atom. The number of hydrogen-bond donors (Lipinski definition) is 1. The Hall–Kier alpha value is -2.66. The summed E-state index contributed by atoms with van der Waals surface area (Å²) in [6.07, 6.45) is 3.51. The van der Waals surface area contributed by atoms with Crippen LogP contribution in [0, 0.1) is 5.92 Å². The molecular formula is C25H34N4O6S. The smallest absolute Gasteiger partial charge is 0.410 e. The molecule has 0 radical (unpaired) electrons. The lowest BCUT2D eigenvalue weighted by Gasteiger charge is -2.24. The summed E-state index contributed by atoms with van der Waals surface area (Å²) < 4.78 is 37.0. The zero-order valence-electron chi connectivity index (χ0n) is 21.2. The van der Waals surface area contributed by atoms with Crippen LogP contribution in [0.1, 0.15) is 65.8 Å². The molecule has 2 aromatic rings. The molecule has 36 heavy (non-hydrogen) atoms. The number of sulfonamides is 1. The first-order valence-electron chi connectivity index (χ1n) is 12.6. The van der Waals surface area contributed by atoms with Gasteiger partial charge < -0.3 is 9.64 Å². The Balaban J connectivity index is 1.56. The molecule has 0 bridgehead atoms. The number of nitrogens with one attached hydrogen (secondary N) is 1. The highest BCUT2D eigenvalue weighted by molar-refractivity contribution is 7.89. The highest BCUT2D eigenvalue weighted by Crippen LogP contribution is 2.36. The Morgan fingerprint density at radius 3 is 2.47 bits per heavy atom. The van der Waals surface area contributed by atoms with Gasteiger partial charge in [-0.3, -0.25) is 13.9 Å². The van der Waals surface area contributed by atoms with Gasteiger partial charge in [0.2, 0.25) is 10.0 Å². The van der Waals surface area contributed by atoms with E-state index in [1.165, 1.54) is 21.6 Å². The van der Waals surface area contributed by atoms with Gasteiger partial charge in [0.15, 0.2) is 0 Å². The topological polar surface area (TPSA) is 120 Å². The average Bonchev–Trinajstić information content (AvgIpc) is 3.68. The number of aromatic nitrogens is 2. The van der Waals surface area contributed by atoms with Crippen LogP contribution in [0.25, 0.3) is 10.9 Å². The van der Waals surface area contributed by atoms with E-state index in [1.54, 1.807) is 31.4 Å². The van der Waals surface area contributed by atoms with Crippen molar-refractivity contribution < 1.29 is 17.9 Å². The predicted molar refractivity (Wildman–Crippen MR) is 135 cm³/mol. The van der Waals surface area contributed by atoms with Crippen LogP contribution in [0.4, 0.5) is 4.79 Å². The molecule has 3 aliphatic rings. The van der Waals surface area contributed by atoms with E-state index in [-0.39, 0.29) is 16.8 Å². The summed E-state index contributed by atoms with van der Waals surface area (Å²) in [6.45, 7) is 8.22. The van der Waals surface area contributed by atoms with Gasteiger partial charge in [-0.1, -0.05) is 0 Å². The molecule has 2 saturated carbocycles. The van der Waals surface area contributed by atoms with Crippen molar-refractivity contribution in [2.24, 2.45) is 5.92 Å². The molecule has 1 aromatic heterocycles. The molecule has 1 saturated heterocycles. The molecule has 1 aromatic carbocycles. The molecule has 0 unspecified atom stereocenters. The zero-order valence-corrected chi connectivity index (χ0v) is 22.1. The van der Waals surface area contributed by atoms with Crippen molar-refractivity contribution in [3.05, 3.63) is 39.0 Å². The molecule has 1 atom stereocenters. The third kappa shape index (κ3) is 4.95. The normalized spacial score (nSPS) is 21.7. The maximum atomic E-state index is 13.7. The molecule has 3 fully saturated rings. The third-order valence-electron chi connectivity index (χ3n) is 7.15. The van der Waals surface area contributed by atoms with Crippen molar-refractivity contribution in [3.63, 3.8) is 0 Å². The second-order valence-electron chi connectivity index (χ2n) is 11.7. The number of hydrogen-bond acceptors (Lipinski definition) is 6. The number of carbonyl (C=O) groups is 1. The number of nitrogens with zero attached hydrogens (tertiary/aromatic N) is 3. The Morgan fingerprint density at radius 1 is 1.17 bits per heavy atom. The number of benzene rings is 1. The Labute approximate surface area is 210 Å². The Bertz CT molecular complexity index is 1440. The number of ether oxygens (including phenoxy) is 1. The van der Waals surface area contributed by atoms with Crippen molar-refractivity contribution in [2.45, 2.75) is 88.4 Å². The molecule has 5 rings (SSSR count). The molecule has 0 spiro atoms. The lowest BCUT2D eigenvalue weighted by atomic mass is 10.2. The van der Waals surface area contributed by atoms with Crippen molar-refractivity contribution in [1.82, 2.24) is 18.8 Å². The minimum Gasteiger partial charge on any atom is -0.444 e. The summed E-state index contributed by atoms with van der Waals surface area (Å²) in [7, 11) is -3.82. The third-order valence-corrected chi connectivity index (χ3v) is 8.79. The van der Waals surface area contributed by atoms with Gasteiger partial charge in [-0.15, -0.1) is 0 Å². The van der Waals surface area contributed by atoms with Gasteiger partial charge >= 0.3 is 11.8 Å². The summed E-state index contributed by atoms with van der Waals surface area (Å²) in [4.78, 5) is 41.4. The largest absolute Gasteiger partial charge is 0.444 e. The lowest BCUT2D eigenvalue weighted by Crippen LogP contribution is -2.44. The summed E-state index contributed by atoms with van der Waals surface area (Å²) in [6, 6.07) is 3.89. The quantitative estimate of drug-likeness (QED) is 0.628. The van der Waals surface area contributed by atoms with E-state index in [1.807, 2.05) is 6.92 Å². The van der Waals surface area contributed by atoms with Crippen LogP contribution < -0.4 is 16.0 Å².